The summed E-state index contributed by atoms with van der Waals surface area (Å²) in [5.74, 6) is 0.892. The Bertz CT molecular complexity index is 994. The van der Waals surface area contributed by atoms with Gasteiger partial charge in [0.25, 0.3) is 11.6 Å². The van der Waals surface area contributed by atoms with Gasteiger partial charge in [-0.3, -0.25) is 14.9 Å². The zero-order valence-electron chi connectivity index (χ0n) is 16.4. The number of thiophene rings is 1. The normalized spacial score (nSPS) is 14.5. The van der Waals surface area contributed by atoms with Gasteiger partial charge in [0.15, 0.2) is 0 Å². The smallest absolute Gasteiger partial charge is 0.269 e. The lowest BCUT2D eigenvalue weighted by atomic mass is 9.94. The third-order valence-corrected chi connectivity index (χ3v) is 6.24. The van der Waals surface area contributed by atoms with Gasteiger partial charge in [-0.1, -0.05) is 30.5 Å². The second-order valence-corrected chi connectivity index (χ2v) is 8.28. The second-order valence-electron chi connectivity index (χ2n) is 7.33. The molecule has 1 fully saturated rings. The van der Waals surface area contributed by atoms with Gasteiger partial charge in [-0.25, -0.2) is 0 Å². The molecule has 4 rings (SSSR count). The van der Waals surface area contributed by atoms with Crippen molar-refractivity contribution in [3.8, 4) is 11.4 Å². The summed E-state index contributed by atoms with van der Waals surface area (Å²) in [6, 6.07) is 10.0. The van der Waals surface area contributed by atoms with Crippen molar-refractivity contribution in [2.24, 2.45) is 0 Å². The average Bonchev–Trinajstić information content (AvgIpc) is 3.47. The highest BCUT2D eigenvalue weighted by atomic mass is 32.1. The minimum absolute atomic E-state index is 0.0117. The summed E-state index contributed by atoms with van der Waals surface area (Å²) in [5, 5.41) is 16.7. The van der Waals surface area contributed by atoms with E-state index in [0.717, 1.165) is 30.6 Å². The Morgan fingerprint density at radius 1 is 1.20 bits per heavy atom. The van der Waals surface area contributed by atoms with Crippen LogP contribution in [-0.4, -0.2) is 38.5 Å². The molecule has 1 amide bonds. The SMILES string of the molecule is O=C(c1cccs1)N(CCc1nc(-c2ccc([N+](=O)[O-])cc2)no1)C1CCCCC1. The maximum Gasteiger partial charge on any atom is 0.269 e. The lowest BCUT2D eigenvalue weighted by molar-refractivity contribution is -0.384. The molecule has 2 heterocycles. The minimum atomic E-state index is -0.449. The van der Waals surface area contributed by atoms with E-state index in [1.807, 2.05) is 22.4 Å². The summed E-state index contributed by atoms with van der Waals surface area (Å²) in [5.41, 5.74) is 0.659. The van der Waals surface area contributed by atoms with Crippen LogP contribution >= 0.6 is 11.3 Å². The fraction of sp³-hybridized carbons (Fsp3) is 0.381. The van der Waals surface area contributed by atoms with E-state index < -0.39 is 4.92 Å². The summed E-state index contributed by atoms with van der Waals surface area (Å²) < 4.78 is 5.37. The van der Waals surface area contributed by atoms with Crippen LogP contribution in [-0.2, 0) is 6.42 Å². The maximum atomic E-state index is 13.1. The highest BCUT2D eigenvalue weighted by molar-refractivity contribution is 7.12. The zero-order chi connectivity index (χ0) is 20.9. The Morgan fingerprint density at radius 2 is 1.97 bits per heavy atom. The predicted molar refractivity (Wildman–Crippen MR) is 112 cm³/mol. The van der Waals surface area contributed by atoms with Crippen LogP contribution in [0.5, 0.6) is 0 Å². The molecule has 0 unspecified atom stereocenters. The number of non-ortho nitro benzene ring substituents is 1. The van der Waals surface area contributed by atoms with Crippen molar-refractivity contribution < 1.29 is 14.2 Å². The molecule has 0 atom stereocenters. The van der Waals surface area contributed by atoms with E-state index in [0.29, 0.717) is 30.2 Å². The zero-order valence-corrected chi connectivity index (χ0v) is 17.2. The van der Waals surface area contributed by atoms with Gasteiger partial charge in [0.1, 0.15) is 0 Å². The first kappa shape index (κ1) is 20.2. The van der Waals surface area contributed by atoms with Crippen LogP contribution in [0.2, 0.25) is 0 Å². The Hall–Kier alpha value is -3.07. The van der Waals surface area contributed by atoms with Gasteiger partial charge in [0.2, 0.25) is 11.7 Å². The van der Waals surface area contributed by atoms with E-state index in [1.54, 1.807) is 12.1 Å². The first-order valence-corrected chi connectivity index (χ1v) is 10.9. The number of nitrogens with zero attached hydrogens (tertiary/aromatic N) is 4. The highest BCUT2D eigenvalue weighted by Crippen LogP contribution is 2.26. The molecule has 0 bridgehead atoms. The van der Waals surface area contributed by atoms with E-state index in [1.165, 1.54) is 29.9 Å². The molecule has 1 aliphatic carbocycles. The number of carbonyl (C=O) groups excluding carboxylic acids is 1. The number of aromatic nitrogens is 2. The Balaban J connectivity index is 1.45. The second kappa shape index (κ2) is 9.17. The molecule has 1 aromatic carbocycles. The van der Waals surface area contributed by atoms with Crippen LogP contribution in [0.1, 0.15) is 47.7 Å². The number of hydrogen-bond acceptors (Lipinski definition) is 7. The lowest BCUT2D eigenvalue weighted by Gasteiger charge is -2.34. The summed E-state index contributed by atoms with van der Waals surface area (Å²) in [6.07, 6.45) is 6.02. The first-order valence-electron chi connectivity index (χ1n) is 10.0. The van der Waals surface area contributed by atoms with Crippen LogP contribution in [0.25, 0.3) is 11.4 Å². The number of benzene rings is 1. The summed E-state index contributed by atoms with van der Waals surface area (Å²) in [7, 11) is 0. The number of nitro groups is 1. The molecule has 0 N–H and O–H groups in total. The minimum Gasteiger partial charge on any atom is -0.339 e. The van der Waals surface area contributed by atoms with Crippen molar-refractivity contribution in [1.29, 1.82) is 0 Å². The molecule has 0 spiro atoms. The molecule has 0 aliphatic heterocycles. The van der Waals surface area contributed by atoms with E-state index >= 15 is 0 Å². The molecule has 9 heteroatoms. The molecule has 3 aromatic rings. The first-order chi connectivity index (χ1) is 14.6. The summed E-state index contributed by atoms with van der Waals surface area (Å²) in [4.78, 5) is 30.5. The predicted octanol–water partition coefficient (Wildman–Crippen LogP) is 4.72. The number of carbonyl (C=O) groups is 1. The molecular weight excluding hydrogens is 404 g/mol. The Kier molecular flexibility index (Phi) is 6.18. The number of amides is 1. The van der Waals surface area contributed by atoms with Crippen molar-refractivity contribution in [1.82, 2.24) is 15.0 Å². The molecule has 156 valence electrons. The van der Waals surface area contributed by atoms with E-state index in [-0.39, 0.29) is 17.6 Å². The standard InChI is InChI=1S/C21H22N4O4S/c26-21(18-7-4-14-30-18)24(16-5-2-1-3-6-16)13-12-19-22-20(23-29-19)15-8-10-17(11-9-15)25(27)28/h4,7-11,14,16H,1-3,5-6,12-13H2. The molecule has 1 saturated carbocycles. The highest BCUT2D eigenvalue weighted by Gasteiger charge is 2.27. The molecule has 0 radical (unpaired) electrons. The fourth-order valence-corrected chi connectivity index (χ4v) is 4.49. The fourth-order valence-electron chi connectivity index (χ4n) is 3.81. The van der Waals surface area contributed by atoms with Gasteiger partial charge in [0.05, 0.1) is 9.80 Å². The molecule has 0 saturated heterocycles. The third-order valence-electron chi connectivity index (χ3n) is 5.38. The van der Waals surface area contributed by atoms with Crippen molar-refractivity contribution in [2.45, 2.75) is 44.6 Å². The molecule has 2 aromatic heterocycles. The maximum absolute atomic E-state index is 13.1. The quantitative estimate of drug-likeness (QED) is 0.400. The largest absolute Gasteiger partial charge is 0.339 e. The van der Waals surface area contributed by atoms with Crippen molar-refractivity contribution in [3.63, 3.8) is 0 Å². The van der Waals surface area contributed by atoms with Gasteiger partial charge in [-0.2, -0.15) is 4.98 Å². The van der Waals surface area contributed by atoms with Crippen LogP contribution in [0, 0.1) is 10.1 Å². The molecule has 30 heavy (non-hydrogen) atoms. The van der Waals surface area contributed by atoms with Gasteiger partial charge in [-0.15, -0.1) is 11.3 Å². The van der Waals surface area contributed by atoms with Crippen LogP contribution in [0.4, 0.5) is 5.69 Å². The third kappa shape index (κ3) is 4.56. The van der Waals surface area contributed by atoms with Crippen molar-refractivity contribution in [3.05, 3.63) is 62.7 Å². The van der Waals surface area contributed by atoms with Crippen LogP contribution < -0.4 is 0 Å². The molecule has 1 aliphatic rings. The van der Waals surface area contributed by atoms with Crippen molar-refractivity contribution in [2.75, 3.05) is 6.54 Å². The van der Waals surface area contributed by atoms with Gasteiger partial charge in [-0.05, 0) is 36.4 Å². The molecule has 8 nitrogen and oxygen atoms in total. The Labute approximate surface area is 177 Å². The van der Waals surface area contributed by atoms with E-state index in [9.17, 15) is 14.9 Å². The Morgan fingerprint density at radius 3 is 2.63 bits per heavy atom. The van der Waals surface area contributed by atoms with Crippen LogP contribution in [0.15, 0.2) is 46.3 Å². The topological polar surface area (TPSA) is 102 Å². The summed E-state index contributed by atoms with van der Waals surface area (Å²) >= 11 is 1.46. The van der Waals surface area contributed by atoms with Gasteiger partial charge >= 0.3 is 0 Å². The van der Waals surface area contributed by atoms with E-state index in [2.05, 4.69) is 10.1 Å². The monoisotopic (exact) mass is 426 g/mol. The summed E-state index contributed by atoms with van der Waals surface area (Å²) in [6.45, 7) is 0.517. The van der Waals surface area contributed by atoms with Gasteiger partial charge < -0.3 is 9.42 Å². The van der Waals surface area contributed by atoms with E-state index in [4.69, 9.17) is 4.52 Å². The molecular formula is C21H22N4O4S. The number of nitro benzene ring substituents is 1. The number of hydrogen-bond donors (Lipinski definition) is 0. The van der Waals surface area contributed by atoms with Crippen LogP contribution in [0.3, 0.4) is 0 Å². The van der Waals surface area contributed by atoms with Gasteiger partial charge in [0, 0.05) is 36.7 Å². The van der Waals surface area contributed by atoms with Crippen molar-refractivity contribution >= 4 is 22.9 Å². The lowest BCUT2D eigenvalue weighted by Crippen LogP contribution is -2.42. The average molecular weight is 426 g/mol. The number of rotatable bonds is 7.